The molecule has 0 aliphatic carbocycles. The molecule has 1 fully saturated rings. The van der Waals surface area contributed by atoms with Crippen LogP contribution in [0.15, 0.2) is 12.1 Å². The molecule has 166 valence electrons. The highest BCUT2D eigenvalue weighted by atomic mass is 35.5. The molecule has 0 spiro atoms. The van der Waals surface area contributed by atoms with Crippen LogP contribution < -0.4 is 16.4 Å². The van der Waals surface area contributed by atoms with E-state index in [4.69, 9.17) is 34.7 Å². The number of nitrogens with one attached hydrogen (secondary N) is 1. The fourth-order valence-electron chi connectivity index (χ4n) is 4.10. The number of nitrogens with zero attached hydrogens (tertiary/aromatic N) is 6. The Kier molecular flexibility index (Phi) is 4.77. The highest BCUT2D eigenvalue weighted by Crippen LogP contribution is 2.39. The molecule has 3 aromatic heterocycles. The van der Waals surface area contributed by atoms with E-state index in [0.717, 1.165) is 18.4 Å². The van der Waals surface area contributed by atoms with Crippen molar-refractivity contribution in [2.75, 3.05) is 18.0 Å². The van der Waals surface area contributed by atoms with Crippen LogP contribution in [0.25, 0.3) is 33.2 Å². The molecule has 0 bridgehead atoms. The number of aryl methyl sites for hydroxylation is 1. The molecule has 4 aromatic rings. The molecular weight excluding hydrogens is 453 g/mol. The van der Waals surface area contributed by atoms with Crippen LogP contribution in [-0.4, -0.2) is 54.5 Å². The molecule has 1 aromatic carbocycles. The summed E-state index contributed by atoms with van der Waals surface area (Å²) in [4.78, 5) is 23.5. The van der Waals surface area contributed by atoms with Crippen LogP contribution in [-0.2, 0) is 7.05 Å². The number of carbonyl (C=O) groups excluding carboxylic acids is 1. The topological polar surface area (TPSA) is 145 Å². The van der Waals surface area contributed by atoms with Crippen LogP contribution in [0, 0.1) is 0 Å². The van der Waals surface area contributed by atoms with Gasteiger partial charge in [0.1, 0.15) is 11.4 Å². The maximum absolute atomic E-state index is 12.4. The van der Waals surface area contributed by atoms with Gasteiger partial charge in [-0.1, -0.05) is 23.2 Å². The van der Waals surface area contributed by atoms with Crippen LogP contribution in [0.3, 0.4) is 0 Å². The number of halogens is 2. The van der Waals surface area contributed by atoms with Crippen molar-refractivity contribution in [3.8, 4) is 11.3 Å². The van der Waals surface area contributed by atoms with Gasteiger partial charge >= 0.3 is 0 Å². The van der Waals surface area contributed by atoms with Crippen molar-refractivity contribution in [1.82, 2.24) is 29.9 Å². The lowest BCUT2D eigenvalue weighted by atomic mass is 9.91. The Hall–Kier alpha value is -2.95. The Morgan fingerprint density at radius 2 is 1.91 bits per heavy atom. The van der Waals surface area contributed by atoms with E-state index in [1.54, 1.807) is 17.8 Å². The van der Waals surface area contributed by atoms with Gasteiger partial charge in [-0.3, -0.25) is 14.6 Å². The second-order valence-corrected chi connectivity index (χ2v) is 9.14. The van der Waals surface area contributed by atoms with E-state index in [2.05, 4.69) is 25.3 Å². The number of aromatic nitrogens is 6. The molecule has 1 saturated heterocycles. The zero-order valence-corrected chi connectivity index (χ0v) is 19.0. The molecule has 1 aliphatic rings. The van der Waals surface area contributed by atoms with E-state index in [-0.39, 0.29) is 16.4 Å². The Balaban J connectivity index is 1.67. The monoisotopic (exact) mass is 473 g/mol. The Bertz CT molecular complexity index is 1380. The van der Waals surface area contributed by atoms with E-state index in [1.807, 2.05) is 17.9 Å². The average Bonchev–Trinajstić information content (AvgIpc) is 3.28. The second kappa shape index (κ2) is 7.29. The summed E-state index contributed by atoms with van der Waals surface area (Å²) in [5.74, 6) is -0.271. The molecule has 1 aliphatic heterocycles. The number of amides is 1. The fraction of sp³-hybridized carbons (Fsp3) is 0.350. The normalized spacial score (nSPS) is 16.2. The quantitative estimate of drug-likeness (QED) is 0.414. The van der Waals surface area contributed by atoms with Crippen LogP contribution in [0.2, 0.25) is 10.2 Å². The van der Waals surface area contributed by atoms with Crippen molar-refractivity contribution in [3.63, 3.8) is 0 Å². The van der Waals surface area contributed by atoms with Crippen molar-refractivity contribution in [2.24, 2.45) is 18.5 Å². The highest BCUT2D eigenvalue weighted by molar-refractivity contribution is 6.43. The molecule has 0 radical (unpaired) electrons. The number of carbonyl (C=O) groups is 1. The summed E-state index contributed by atoms with van der Waals surface area (Å²) in [7, 11) is 1.78. The first-order valence-corrected chi connectivity index (χ1v) is 10.8. The SMILES string of the molecule is Cn1nc(Cl)c2c(Cl)c(-c3n[nH]c4nc(N5CCC(C)(N)CC5)nc(C(N)=O)c34)ccc21. The molecule has 1 amide bonds. The largest absolute Gasteiger partial charge is 0.364 e. The number of rotatable bonds is 3. The Labute approximate surface area is 192 Å². The van der Waals surface area contributed by atoms with Crippen LogP contribution in [0.4, 0.5) is 5.95 Å². The third-order valence-electron chi connectivity index (χ3n) is 6.00. The maximum atomic E-state index is 12.4. The average molecular weight is 474 g/mol. The first-order chi connectivity index (χ1) is 15.2. The van der Waals surface area contributed by atoms with Crippen molar-refractivity contribution in [1.29, 1.82) is 0 Å². The minimum Gasteiger partial charge on any atom is -0.364 e. The van der Waals surface area contributed by atoms with Gasteiger partial charge in [0.2, 0.25) is 5.95 Å². The van der Waals surface area contributed by atoms with Crippen LogP contribution >= 0.6 is 23.2 Å². The predicted octanol–water partition coefficient (Wildman–Crippen LogP) is 2.63. The highest BCUT2D eigenvalue weighted by Gasteiger charge is 2.29. The molecule has 5 rings (SSSR count). The number of nitrogens with two attached hydrogens (primary N) is 2. The van der Waals surface area contributed by atoms with Crippen molar-refractivity contribution in [3.05, 3.63) is 28.0 Å². The van der Waals surface area contributed by atoms with Gasteiger partial charge in [-0.25, -0.2) is 4.98 Å². The number of piperidine rings is 1. The number of primary amides is 1. The predicted molar refractivity (Wildman–Crippen MR) is 124 cm³/mol. The van der Waals surface area contributed by atoms with Crippen LogP contribution in [0.1, 0.15) is 30.3 Å². The first kappa shape index (κ1) is 20.9. The number of aromatic amines is 1. The molecular formula is C20H21Cl2N9O. The van der Waals surface area contributed by atoms with Crippen LogP contribution in [0.5, 0.6) is 0 Å². The lowest BCUT2D eigenvalue weighted by molar-refractivity contribution is 0.0997. The Morgan fingerprint density at radius 1 is 1.19 bits per heavy atom. The Morgan fingerprint density at radius 3 is 2.59 bits per heavy atom. The molecule has 0 saturated carbocycles. The third-order valence-corrected chi connectivity index (χ3v) is 6.65. The number of anilines is 1. The molecule has 10 nitrogen and oxygen atoms in total. The van der Waals surface area contributed by atoms with Gasteiger partial charge in [-0.15, -0.1) is 0 Å². The summed E-state index contributed by atoms with van der Waals surface area (Å²) in [6.45, 7) is 3.39. The van der Waals surface area contributed by atoms with E-state index >= 15 is 0 Å². The number of hydrogen-bond donors (Lipinski definition) is 3. The summed E-state index contributed by atoms with van der Waals surface area (Å²) in [5.41, 5.74) is 13.9. The third kappa shape index (κ3) is 3.26. The zero-order chi connectivity index (χ0) is 22.8. The summed E-state index contributed by atoms with van der Waals surface area (Å²) in [6, 6.07) is 3.64. The van der Waals surface area contributed by atoms with Gasteiger partial charge in [-0.05, 0) is 31.9 Å². The second-order valence-electron chi connectivity index (χ2n) is 8.41. The molecule has 32 heavy (non-hydrogen) atoms. The first-order valence-electron chi connectivity index (χ1n) is 10.1. The summed E-state index contributed by atoms with van der Waals surface area (Å²) in [6.07, 6.45) is 1.58. The van der Waals surface area contributed by atoms with Gasteiger partial charge < -0.3 is 16.4 Å². The zero-order valence-electron chi connectivity index (χ0n) is 17.5. The van der Waals surface area contributed by atoms with Gasteiger partial charge in [0.05, 0.1) is 21.3 Å². The van der Waals surface area contributed by atoms with E-state index in [0.29, 0.717) is 51.7 Å². The molecule has 0 atom stereocenters. The minimum atomic E-state index is -0.682. The summed E-state index contributed by atoms with van der Waals surface area (Å²) < 4.78 is 1.64. The number of fused-ring (bicyclic) bond motifs is 2. The van der Waals surface area contributed by atoms with Crippen molar-refractivity contribution in [2.45, 2.75) is 25.3 Å². The van der Waals surface area contributed by atoms with Gasteiger partial charge in [0.25, 0.3) is 5.91 Å². The summed E-state index contributed by atoms with van der Waals surface area (Å²) >= 11 is 13.0. The summed E-state index contributed by atoms with van der Waals surface area (Å²) in [5, 5.41) is 13.2. The number of benzene rings is 1. The van der Waals surface area contributed by atoms with Gasteiger partial charge in [0, 0.05) is 31.2 Å². The van der Waals surface area contributed by atoms with Gasteiger partial charge in [0.15, 0.2) is 10.8 Å². The van der Waals surface area contributed by atoms with Crippen molar-refractivity contribution >= 4 is 57.0 Å². The smallest absolute Gasteiger partial charge is 0.268 e. The molecule has 0 unspecified atom stereocenters. The lowest BCUT2D eigenvalue weighted by Crippen LogP contribution is -2.48. The number of hydrogen-bond acceptors (Lipinski definition) is 7. The standard InChI is InChI=1S/C20H21Cl2N9O/c1-20(24)5-7-31(8-6-20)19-25-15(17(23)32)12-14(27-28-18(12)26-19)9-3-4-10-11(13(9)21)16(22)29-30(10)2/h3-4H,5-8,24H2,1-2H3,(H2,23,32)(H,25,26,27,28). The number of H-pyrrole nitrogens is 1. The molecule has 5 N–H and O–H groups in total. The molecule has 12 heteroatoms. The van der Waals surface area contributed by atoms with E-state index in [1.165, 1.54) is 0 Å². The van der Waals surface area contributed by atoms with Gasteiger partial charge in [-0.2, -0.15) is 15.2 Å². The van der Waals surface area contributed by atoms with E-state index < -0.39 is 5.91 Å². The maximum Gasteiger partial charge on any atom is 0.268 e. The minimum absolute atomic E-state index is 0.0725. The van der Waals surface area contributed by atoms with Crippen molar-refractivity contribution < 1.29 is 4.79 Å². The fourth-order valence-corrected chi connectivity index (χ4v) is 4.79. The van der Waals surface area contributed by atoms with E-state index in [9.17, 15) is 4.79 Å². The molecule has 4 heterocycles. The lowest BCUT2D eigenvalue weighted by Gasteiger charge is -2.36.